The molecule has 0 aromatic heterocycles. The number of carbonyl (C=O) groups excluding carboxylic acids is 1. The Bertz CT molecular complexity index is 756. The lowest BCUT2D eigenvalue weighted by atomic mass is 9.95. The Morgan fingerprint density at radius 2 is 2.03 bits per heavy atom. The van der Waals surface area contributed by atoms with Crippen molar-refractivity contribution in [1.29, 1.82) is 5.26 Å². The van der Waals surface area contributed by atoms with Gasteiger partial charge < -0.3 is 9.94 Å². The summed E-state index contributed by atoms with van der Waals surface area (Å²) in [6.45, 7) is 1.26. The van der Waals surface area contributed by atoms with Crippen LogP contribution in [0.5, 0.6) is 0 Å². The molecule has 0 amide bonds. The molecule has 0 saturated carbocycles. The number of quaternary nitrogens is 1. The molecule has 10 nitrogen and oxygen atoms in total. The van der Waals surface area contributed by atoms with Gasteiger partial charge in [0.2, 0.25) is 15.6 Å². The number of nitrogens with one attached hydrogen (secondary N) is 2. The van der Waals surface area contributed by atoms with E-state index in [1.807, 2.05) is 6.07 Å². The van der Waals surface area contributed by atoms with Gasteiger partial charge >= 0.3 is 12.1 Å². The van der Waals surface area contributed by atoms with Gasteiger partial charge in [-0.2, -0.15) is 23.9 Å². The van der Waals surface area contributed by atoms with Crippen molar-refractivity contribution >= 4 is 27.8 Å². The van der Waals surface area contributed by atoms with Crippen LogP contribution in [0.1, 0.15) is 19.3 Å². The lowest BCUT2D eigenvalue weighted by Gasteiger charge is -2.32. The average molecular weight is 490 g/mol. The van der Waals surface area contributed by atoms with Crippen molar-refractivity contribution in [3.05, 3.63) is 5.21 Å². The molecular formula is C16H26F3N5O5S2. The number of alkyl halides is 3. The number of nitrogens with zero attached hydrogens (tertiary/aromatic N) is 3. The quantitative estimate of drug-likeness (QED) is 0.318. The van der Waals surface area contributed by atoms with Gasteiger partial charge in [0.15, 0.2) is 0 Å². The van der Waals surface area contributed by atoms with Crippen LogP contribution in [0.2, 0.25) is 0 Å². The first-order valence-corrected chi connectivity index (χ1v) is 12.6. The smallest absolute Gasteiger partial charge is 0.491 e. The summed E-state index contributed by atoms with van der Waals surface area (Å²) in [4.78, 5) is 12.4. The number of halogens is 3. The highest BCUT2D eigenvalue weighted by Gasteiger charge is 2.45. The van der Waals surface area contributed by atoms with Gasteiger partial charge in [-0.15, -0.1) is 0 Å². The minimum absolute atomic E-state index is 0.0551. The van der Waals surface area contributed by atoms with Gasteiger partial charge in [-0.3, -0.25) is 5.17 Å². The maximum absolute atomic E-state index is 12.4. The van der Waals surface area contributed by atoms with Crippen molar-refractivity contribution in [1.82, 2.24) is 14.6 Å². The van der Waals surface area contributed by atoms with Gasteiger partial charge in [-0.1, -0.05) is 11.8 Å². The molecule has 0 spiro atoms. The van der Waals surface area contributed by atoms with Crippen molar-refractivity contribution < 1.29 is 36.3 Å². The van der Waals surface area contributed by atoms with Crippen LogP contribution in [-0.2, 0) is 19.6 Å². The lowest BCUT2D eigenvalue weighted by Crippen LogP contribution is -3.14. The number of nitriles is 1. The molecule has 0 aromatic rings. The molecule has 15 heteroatoms. The molecule has 2 rings (SSSR count). The first kappa shape index (κ1) is 26.1. The zero-order valence-electron chi connectivity index (χ0n) is 16.9. The fourth-order valence-electron chi connectivity index (χ4n) is 3.42. The maximum atomic E-state index is 12.4. The second kappa shape index (κ2) is 11.1. The Morgan fingerprint density at radius 3 is 2.58 bits per heavy atom. The van der Waals surface area contributed by atoms with Gasteiger partial charge in [-0.25, -0.2) is 22.4 Å². The van der Waals surface area contributed by atoms with E-state index in [0.29, 0.717) is 32.4 Å². The fourth-order valence-corrected chi connectivity index (χ4v) is 5.51. The van der Waals surface area contributed by atoms with Crippen molar-refractivity contribution in [3.8, 4) is 6.07 Å². The SMILES string of the molecule is CS(=O)(=O)N1CCC(CC[NH+]([O-])NCCN2C(C#N)CSC2OC(=O)C(F)(F)F)CC1. The van der Waals surface area contributed by atoms with Crippen LogP contribution >= 0.6 is 11.8 Å². The predicted octanol–water partition coefficient (Wildman–Crippen LogP) is -0.735. The molecule has 3 unspecified atom stereocenters. The summed E-state index contributed by atoms with van der Waals surface area (Å²) in [6, 6.07) is 1.22. The molecule has 2 saturated heterocycles. The number of hydroxylamine groups is 1. The maximum Gasteiger partial charge on any atom is 0.491 e. The van der Waals surface area contributed by atoms with Crippen molar-refractivity contribution in [2.75, 3.05) is 44.7 Å². The average Bonchev–Trinajstić information content (AvgIpc) is 3.07. The van der Waals surface area contributed by atoms with Gasteiger partial charge in [0.05, 0.1) is 25.4 Å². The van der Waals surface area contributed by atoms with E-state index in [4.69, 9.17) is 5.26 Å². The van der Waals surface area contributed by atoms with E-state index in [2.05, 4.69) is 10.2 Å². The third-order valence-electron chi connectivity index (χ3n) is 5.17. The van der Waals surface area contributed by atoms with E-state index in [1.54, 1.807) is 0 Å². The fraction of sp³-hybridized carbons (Fsp3) is 0.875. The number of ether oxygens (including phenoxy) is 1. The largest absolute Gasteiger partial charge is 0.613 e. The summed E-state index contributed by atoms with van der Waals surface area (Å²) in [7, 11) is -3.20. The van der Waals surface area contributed by atoms with Gasteiger partial charge in [0.25, 0.3) is 0 Å². The van der Waals surface area contributed by atoms with Crippen LogP contribution < -0.4 is 10.6 Å². The summed E-state index contributed by atoms with van der Waals surface area (Å²) in [5, 5.41) is 21.0. The molecule has 2 aliphatic rings. The summed E-state index contributed by atoms with van der Waals surface area (Å²) in [6.07, 6.45) is -1.98. The minimum Gasteiger partial charge on any atom is -0.613 e. The number of thioether (sulfide) groups is 1. The molecule has 2 fully saturated rings. The lowest BCUT2D eigenvalue weighted by molar-refractivity contribution is -0.896. The van der Waals surface area contributed by atoms with E-state index < -0.39 is 33.8 Å². The number of rotatable bonds is 9. The van der Waals surface area contributed by atoms with Crippen LogP contribution in [0, 0.1) is 22.5 Å². The third kappa shape index (κ3) is 8.04. The predicted molar refractivity (Wildman–Crippen MR) is 105 cm³/mol. The Morgan fingerprint density at radius 1 is 1.39 bits per heavy atom. The van der Waals surface area contributed by atoms with Gasteiger partial charge in [-0.05, 0) is 18.8 Å². The van der Waals surface area contributed by atoms with Crippen LogP contribution in [0.3, 0.4) is 0 Å². The van der Waals surface area contributed by atoms with Crippen LogP contribution in [0.15, 0.2) is 0 Å². The monoisotopic (exact) mass is 489 g/mol. The van der Waals surface area contributed by atoms with E-state index in [-0.39, 0.29) is 36.5 Å². The van der Waals surface area contributed by atoms with E-state index in [1.165, 1.54) is 15.5 Å². The van der Waals surface area contributed by atoms with Crippen LogP contribution in [-0.4, -0.2) is 86.1 Å². The topological polar surface area (TPSA) is 130 Å². The van der Waals surface area contributed by atoms with E-state index >= 15 is 0 Å². The molecule has 3 atom stereocenters. The Labute approximate surface area is 183 Å². The summed E-state index contributed by atoms with van der Waals surface area (Å²) >= 11 is 0.918. The molecule has 2 heterocycles. The highest BCUT2D eigenvalue weighted by atomic mass is 32.2. The molecule has 31 heavy (non-hydrogen) atoms. The standard InChI is InChI=1S/C16H26F3N5O5S2/c1-31(27,28)22-6-2-12(3-7-22)4-8-24(26)21-5-9-23-13(10-20)11-30-15(23)29-14(25)16(17,18)19/h12-13,15,21,24H,2-9,11H2,1H3. The first-order valence-electron chi connectivity index (χ1n) is 9.68. The highest BCUT2D eigenvalue weighted by molar-refractivity contribution is 8.00. The van der Waals surface area contributed by atoms with Crippen LogP contribution in [0.25, 0.3) is 0 Å². The molecule has 0 radical (unpaired) electrons. The third-order valence-corrected chi connectivity index (χ3v) is 7.63. The molecule has 0 aromatic carbocycles. The normalized spacial score (nSPS) is 25.3. The molecule has 0 aliphatic carbocycles. The Kier molecular flexibility index (Phi) is 9.37. The van der Waals surface area contributed by atoms with Gasteiger partial charge in [0.1, 0.15) is 6.04 Å². The molecule has 0 bridgehead atoms. The second-order valence-electron chi connectivity index (χ2n) is 7.42. The highest BCUT2D eigenvalue weighted by Crippen LogP contribution is 2.31. The summed E-state index contributed by atoms with van der Waals surface area (Å²) in [5.74, 6) is -1.89. The van der Waals surface area contributed by atoms with Crippen molar-refractivity contribution in [2.24, 2.45) is 5.92 Å². The summed E-state index contributed by atoms with van der Waals surface area (Å²) in [5.41, 5.74) is 1.42. The van der Waals surface area contributed by atoms with Crippen molar-refractivity contribution in [3.63, 3.8) is 0 Å². The number of sulfonamides is 1. The number of piperidine rings is 1. The minimum atomic E-state index is -5.12. The zero-order chi connectivity index (χ0) is 23.2. The van der Waals surface area contributed by atoms with Crippen molar-refractivity contribution in [2.45, 2.75) is 37.0 Å². The summed E-state index contributed by atoms with van der Waals surface area (Å²) < 4.78 is 66.2. The Hall–Kier alpha value is -1.15. The van der Waals surface area contributed by atoms with E-state index in [9.17, 15) is 31.6 Å². The molecule has 2 N–H and O–H groups in total. The van der Waals surface area contributed by atoms with Crippen LogP contribution in [0.4, 0.5) is 13.2 Å². The van der Waals surface area contributed by atoms with E-state index in [0.717, 1.165) is 11.8 Å². The second-order valence-corrected chi connectivity index (χ2v) is 10.5. The molecular weight excluding hydrogens is 463 g/mol. The number of hydrogen-bond donors (Lipinski definition) is 2. The number of carbonyl (C=O) groups is 1. The molecule has 2 aliphatic heterocycles. The number of esters is 1. The number of hydrogen-bond acceptors (Lipinski definition) is 9. The Balaban J connectivity index is 1.72. The zero-order valence-corrected chi connectivity index (χ0v) is 18.6. The van der Waals surface area contributed by atoms with Gasteiger partial charge in [0, 0.05) is 31.8 Å². The molecule has 178 valence electrons. The first-order chi connectivity index (χ1) is 14.4.